The van der Waals surface area contributed by atoms with E-state index in [9.17, 15) is 5.11 Å². The summed E-state index contributed by atoms with van der Waals surface area (Å²) in [5.41, 5.74) is 6.00. The molecule has 0 bridgehead atoms. The number of ether oxygens (including phenoxy) is 1. The number of hydrogen-bond acceptors (Lipinski definition) is 7. The van der Waals surface area contributed by atoms with E-state index in [4.69, 9.17) is 9.84 Å². The molecule has 2 N–H and O–H groups in total. The molecule has 7 heteroatoms. The molecule has 3 aromatic rings. The third kappa shape index (κ3) is 5.41. The number of aromatic nitrogens is 3. The molecule has 0 spiro atoms. The average Bonchev–Trinajstić information content (AvgIpc) is 3.16. The predicted molar refractivity (Wildman–Crippen MR) is 120 cm³/mol. The van der Waals surface area contributed by atoms with Gasteiger partial charge in [-0.25, -0.2) is 0 Å². The molecule has 1 atom stereocenters. The normalized spacial score (nSPS) is 12.4. The summed E-state index contributed by atoms with van der Waals surface area (Å²) in [6.07, 6.45) is 0.0455. The zero-order valence-electron chi connectivity index (χ0n) is 18.1. The van der Waals surface area contributed by atoms with E-state index < -0.39 is 6.10 Å². The minimum Gasteiger partial charge on any atom is -0.490 e. The highest BCUT2D eigenvalue weighted by molar-refractivity contribution is 7.17. The van der Waals surface area contributed by atoms with Crippen LogP contribution in [0, 0.1) is 26.7 Å². The van der Waals surface area contributed by atoms with E-state index >= 15 is 0 Å². The Labute approximate surface area is 181 Å². The van der Waals surface area contributed by atoms with Crippen LogP contribution in [0.5, 0.6) is 5.75 Å². The largest absolute Gasteiger partial charge is 0.490 e. The Morgan fingerprint density at radius 3 is 2.13 bits per heavy atom. The van der Waals surface area contributed by atoms with Crippen LogP contribution in [-0.2, 0) is 6.42 Å². The van der Waals surface area contributed by atoms with Gasteiger partial charge in [-0.15, -0.1) is 10.2 Å². The average molecular weight is 428 g/mol. The number of nitrogens with zero attached hydrogens (tertiary/aromatic N) is 3. The molecule has 160 valence electrons. The van der Waals surface area contributed by atoms with Crippen molar-refractivity contribution in [3.8, 4) is 26.9 Å². The Morgan fingerprint density at radius 2 is 1.57 bits per heavy atom. The summed E-state index contributed by atoms with van der Waals surface area (Å²) in [7, 11) is 0. The van der Waals surface area contributed by atoms with Gasteiger partial charge in [0.2, 0.25) is 0 Å². The first-order chi connectivity index (χ1) is 14.3. The summed E-state index contributed by atoms with van der Waals surface area (Å²) in [5, 5.41) is 29.1. The number of aliphatic hydroxyl groups excluding tert-OH is 2. The van der Waals surface area contributed by atoms with Gasteiger partial charge in [-0.1, -0.05) is 25.2 Å². The molecule has 0 aliphatic carbocycles. The van der Waals surface area contributed by atoms with E-state index in [0.717, 1.165) is 55.8 Å². The lowest BCUT2D eigenvalue weighted by Gasteiger charge is -2.15. The maximum Gasteiger partial charge on any atom is 0.148 e. The lowest BCUT2D eigenvalue weighted by molar-refractivity contribution is 0.0532. The molecular weight excluding hydrogens is 398 g/mol. The van der Waals surface area contributed by atoms with Gasteiger partial charge in [-0.3, -0.25) is 4.98 Å². The highest BCUT2D eigenvalue weighted by atomic mass is 32.1. The number of rotatable bonds is 8. The van der Waals surface area contributed by atoms with Crippen LogP contribution in [0.15, 0.2) is 24.3 Å². The van der Waals surface area contributed by atoms with E-state index in [2.05, 4.69) is 35.1 Å². The van der Waals surface area contributed by atoms with E-state index in [0.29, 0.717) is 5.92 Å². The Balaban J connectivity index is 1.87. The maximum absolute atomic E-state index is 9.54. The molecule has 2 aromatic heterocycles. The fourth-order valence-corrected chi connectivity index (χ4v) is 4.19. The van der Waals surface area contributed by atoms with Gasteiger partial charge in [-0.2, -0.15) is 0 Å². The van der Waals surface area contributed by atoms with Gasteiger partial charge < -0.3 is 14.9 Å². The standard InChI is InChI=1S/C23H29N3O3S/c1-13(2)6-19-10-18(9-16(5)24-19)23-26-25-22(30-23)17-7-14(3)21(15(4)8-17)29-12-20(28)11-27/h7-10,13,20,27-28H,6,11-12H2,1-5H3. The zero-order valence-corrected chi connectivity index (χ0v) is 19.0. The van der Waals surface area contributed by atoms with Gasteiger partial charge in [-0.05, 0) is 68.5 Å². The first-order valence-electron chi connectivity index (χ1n) is 10.1. The second-order valence-corrected chi connectivity index (χ2v) is 9.06. The molecule has 0 fully saturated rings. The number of aliphatic hydroxyl groups is 2. The van der Waals surface area contributed by atoms with E-state index in [-0.39, 0.29) is 13.2 Å². The van der Waals surface area contributed by atoms with Crippen molar-refractivity contribution in [1.82, 2.24) is 15.2 Å². The summed E-state index contributed by atoms with van der Waals surface area (Å²) in [5.74, 6) is 1.27. The molecule has 0 radical (unpaired) electrons. The van der Waals surface area contributed by atoms with Crippen molar-refractivity contribution in [3.05, 3.63) is 46.8 Å². The Morgan fingerprint density at radius 1 is 0.967 bits per heavy atom. The minimum absolute atomic E-state index is 0.0561. The fraction of sp³-hybridized carbons (Fsp3) is 0.435. The van der Waals surface area contributed by atoms with Gasteiger partial charge >= 0.3 is 0 Å². The topological polar surface area (TPSA) is 88.4 Å². The monoisotopic (exact) mass is 427 g/mol. The lowest BCUT2D eigenvalue weighted by atomic mass is 10.1. The molecule has 0 aliphatic heterocycles. The summed E-state index contributed by atoms with van der Waals surface area (Å²) in [6.45, 7) is 10.0. The van der Waals surface area contributed by atoms with Crippen LogP contribution in [0.2, 0.25) is 0 Å². The second kappa shape index (κ2) is 9.64. The molecule has 1 unspecified atom stereocenters. The zero-order chi connectivity index (χ0) is 21.8. The van der Waals surface area contributed by atoms with E-state index in [1.165, 1.54) is 0 Å². The lowest BCUT2D eigenvalue weighted by Crippen LogP contribution is -2.21. The van der Waals surface area contributed by atoms with Crippen molar-refractivity contribution in [2.75, 3.05) is 13.2 Å². The molecule has 0 saturated carbocycles. The maximum atomic E-state index is 9.54. The van der Waals surface area contributed by atoms with Crippen molar-refractivity contribution >= 4 is 11.3 Å². The molecule has 3 rings (SSSR count). The number of aryl methyl sites for hydroxylation is 3. The van der Waals surface area contributed by atoms with Crippen LogP contribution >= 0.6 is 11.3 Å². The van der Waals surface area contributed by atoms with Gasteiger partial charge in [0.1, 0.15) is 28.5 Å². The van der Waals surface area contributed by atoms with E-state index in [1.807, 2.05) is 39.0 Å². The molecule has 1 aromatic carbocycles. The van der Waals surface area contributed by atoms with Crippen LogP contribution < -0.4 is 4.74 Å². The molecule has 6 nitrogen and oxygen atoms in total. The Kier molecular flexibility index (Phi) is 7.18. The summed E-state index contributed by atoms with van der Waals surface area (Å²) in [6, 6.07) is 8.19. The van der Waals surface area contributed by atoms with Crippen LogP contribution in [0.4, 0.5) is 0 Å². The first-order valence-corrected chi connectivity index (χ1v) is 10.9. The smallest absolute Gasteiger partial charge is 0.148 e. The van der Waals surface area contributed by atoms with Crippen LogP contribution in [0.1, 0.15) is 36.4 Å². The fourth-order valence-electron chi connectivity index (χ4n) is 3.37. The van der Waals surface area contributed by atoms with Crippen molar-refractivity contribution in [2.45, 2.75) is 47.1 Å². The van der Waals surface area contributed by atoms with Crippen molar-refractivity contribution in [1.29, 1.82) is 0 Å². The molecule has 0 aliphatic rings. The molecule has 0 amide bonds. The third-order valence-corrected chi connectivity index (χ3v) is 5.66. The second-order valence-electron chi connectivity index (χ2n) is 8.09. The summed E-state index contributed by atoms with van der Waals surface area (Å²) < 4.78 is 5.69. The minimum atomic E-state index is -0.890. The van der Waals surface area contributed by atoms with Gasteiger partial charge in [0, 0.05) is 22.5 Å². The van der Waals surface area contributed by atoms with Crippen molar-refractivity contribution < 1.29 is 14.9 Å². The molecule has 2 heterocycles. The molecular formula is C23H29N3O3S. The highest BCUT2D eigenvalue weighted by Crippen LogP contribution is 2.34. The Bertz CT molecular complexity index is 994. The van der Waals surface area contributed by atoms with Gasteiger partial charge in [0.15, 0.2) is 0 Å². The number of hydrogen-bond donors (Lipinski definition) is 2. The number of benzene rings is 1. The summed E-state index contributed by atoms with van der Waals surface area (Å²) >= 11 is 1.56. The quantitative estimate of drug-likeness (QED) is 0.562. The van der Waals surface area contributed by atoms with Crippen molar-refractivity contribution in [2.24, 2.45) is 5.92 Å². The molecule has 30 heavy (non-hydrogen) atoms. The molecule has 0 saturated heterocycles. The van der Waals surface area contributed by atoms with Gasteiger partial charge in [0.25, 0.3) is 0 Å². The first kappa shape index (κ1) is 22.3. The highest BCUT2D eigenvalue weighted by Gasteiger charge is 2.15. The van der Waals surface area contributed by atoms with Crippen molar-refractivity contribution in [3.63, 3.8) is 0 Å². The SMILES string of the molecule is Cc1cc(-c2nnc(-c3cc(C)c(OCC(O)CO)c(C)c3)s2)cc(CC(C)C)n1. The van der Waals surface area contributed by atoms with E-state index in [1.54, 1.807) is 11.3 Å². The predicted octanol–water partition coefficient (Wildman–Crippen LogP) is 4.12. The third-order valence-electron chi connectivity index (χ3n) is 4.63. The number of pyridine rings is 1. The summed E-state index contributed by atoms with van der Waals surface area (Å²) in [4.78, 5) is 4.64. The van der Waals surface area contributed by atoms with Crippen LogP contribution in [-0.4, -0.2) is 44.7 Å². The van der Waals surface area contributed by atoms with Crippen LogP contribution in [0.25, 0.3) is 21.1 Å². The van der Waals surface area contributed by atoms with Crippen LogP contribution in [0.3, 0.4) is 0 Å². The Hall–Kier alpha value is -2.35. The van der Waals surface area contributed by atoms with Gasteiger partial charge in [0.05, 0.1) is 6.61 Å².